The number of nitrogens with one attached hydrogen (secondary N) is 1. The number of tetrazole rings is 1. The van der Waals surface area contributed by atoms with E-state index in [1.165, 1.54) is 28.9 Å². The molecule has 2 aromatic rings. The van der Waals surface area contributed by atoms with Crippen LogP contribution in [0.2, 0.25) is 0 Å². The maximum absolute atomic E-state index is 12.8. The molecule has 4 rings (SSSR count). The third-order valence-electron chi connectivity index (χ3n) is 4.95. The number of nitrogens with two attached hydrogens (primary N) is 1. The molecule has 0 saturated carbocycles. The topological polar surface area (TPSA) is 194 Å². The number of hydrogen-bond acceptors (Lipinski definition) is 13. The second-order valence-corrected chi connectivity index (χ2v) is 9.02. The van der Waals surface area contributed by atoms with Crippen molar-refractivity contribution in [3.05, 3.63) is 40.3 Å². The zero-order chi connectivity index (χ0) is 24.4. The van der Waals surface area contributed by atoms with Gasteiger partial charge in [-0.25, -0.2) is 9.67 Å². The smallest absolute Gasteiger partial charge is 0.543 e. The molecular formula is C18H18N9NaO5S2. The van der Waals surface area contributed by atoms with Gasteiger partial charge < -0.3 is 25.8 Å². The Hall–Kier alpha value is -2.79. The van der Waals surface area contributed by atoms with Gasteiger partial charge in [0.25, 0.3) is 11.8 Å². The van der Waals surface area contributed by atoms with Crippen molar-refractivity contribution in [3.63, 3.8) is 0 Å². The van der Waals surface area contributed by atoms with Gasteiger partial charge >= 0.3 is 29.6 Å². The molecule has 2 aliphatic rings. The first-order chi connectivity index (χ1) is 16.3. The molecule has 2 aliphatic heterocycles. The molecule has 2 amide bonds. The number of nitrogen functional groups attached to an aromatic ring is 1. The van der Waals surface area contributed by atoms with E-state index in [0.29, 0.717) is 17.9 Å². The van der Waals surface area contributed by atoms with Crippen molar-refractivity contribution in [1.29, 1.82) is 0 Å². The van der Waals surface area contributed by atoms with E-state index in [0.717, 1.165) is 16.2 Å². The second-order valence-electron chi connectivity index (χ2n) is 7.03. The summed E-state index contributed by atoms with van der Waals surface area (Å²) in [6, 6.07) is -0.959. The number of β-lactam (4-membered cyclic amide) rings is 1. The minimum Gasteiger partial charge on any atom is -0.543 e. The minimum atomic E-state index is -1.48. The number of allylic oxidation sites excluding steroid dienone is 2. The van der Waals surface area contributed by atoms with Gasteiger partial charge in [0.15, 0.2) is 10.8 Å². The van der Waals surface area contributed by atoms with Gasteiger partial charge in [-0.1, -0.05) is 17.3 Å². The Morgan fingerprint density at radius 3 is 2.83 bits per heavy atom. The number of carbonyl (C=O) groups is 3. The number of amides is 2. The quantitative estimate of drug-likeness (QED) is 0.144. The van der Waals surface area contributed by atoms with Gasteiger partial charge in [-0.15, -0.1) is 28.2 Å². The Balaban J connectivity index is 0.00000342. The first kappa shape index (κ1) is 26.8. The number of anilines is 1. The number of carbonyl (C=O) groups excluding carboxylic acids is 3. The van der Waals surface area contributed by atoms with Crippen LogP contribution in [0.25, 0.3) is 0 Å². The van der Waals surface area contributed by atoms with Crippen molar-refractivity contribution in [1.82, 2.24) is 35.4 Å². The number of hydrogen-bond donors (Lipinski definition) is 2. The van der Waals surface area contributed by atoms with Gasteiger partial charge in [-0.05, 0) is 22.9 Å². The van der Waals surface area contributed by atoms with Crippen molar-refractivity contribution in [2.45, 2.75) is 24.9 Å². The third-order valence-corrected chi connectivity index (χ3v) is 6.92. The van der Waals surface area contributed by atoms with E-state index in [9.17, 15) is 19.5 Å². The Morgan fingerprint density at radius 1 is 1.46 bits per heavy atom. The molecule has 14 nitrogen and oxygen atoms in total. The predicted octanol–water partition coefficient (Wildman–Crippen LogP) is -4.96. The van der Waals surface area contributed by atoms with Gasteiger partial charge in [-0.3, -0.25) is 14.5 Å². The Morgan fingerprint density at radius 2 is 2.23 bits per heavy atom. The third kappa shape index (κ3) is 5.40. The fraction of sp³-hybridized carbons (Fsp3) is 0.333. The van der Waals surface area contributed by atoms with E-state index in [2.05, 4.69) is 31.0 Å². The van der Waals surface area contributed by atoms with Crippen LogP contribution in [-0.4, -0.2) is 77.9 Å². The number of rotatable bonds is 8. The first-order valence-electron chi connectivity index (χ1n) is 9.73. The molecule has 2 aromatic heterocycles. The standard InChI is InChI=1S/C18H19N9O5S2.Na/c1-8-22-24-25-26(8)5-3-4-9-6-33-16-12(15(29)27(16)13(9)17(30)31)21-14(28)11(23-32-2)10-7-34-18(19)20-10;/h3-4,7,12,16H,5-6H2,1-2H3,(H2,19,20)(H,21,28)(H,30,31);/q;+1/p-1/b4-3-,23-11?;/t12?,16-;/m1./s1. The molecule has 0 spiro atoms. The van der Waals surface area contributed by atoms with Crippen molar-refractivity contribution in [2.24, 2.45) is 5.16 Å². The van der Waals surface area contributed by atoms with Crippen LogP contribution >= 0.6 is 23.1 Å². The molecule has 1 fully saturated rings. The average Bonchev–Trinajstić information content (AvgIpc) is 3.42. The fourth-order valence-corrected chi connectivity index (χ4v) is 5.24. The van der Waals surface area contributed by atoms with E-state index in [1.807, 2.05) is 0 Å². The second kappa shape index (κ2) is 11.3. The molecule has 0 radical (unpaired) electrons. The normalized spacial score (nSPS) is 19.8. The molecule has 178 valence electrons. The van der Waals surface area contributed by atoms with Crippen LogP contribution in [-0.2, 0) is 25.8 Å². The van der Waals surface area contributed by atoms with Gasteiger partial charge in [0.05, 0.1) is 18.2 Å². The summed E-state index contributed by atoms with van der Waals surface area (Å²) in [5.74, 6) is -1.88. The molecule has 35 heavy (non-hydrogen) atoms. The van der Waals surface area contributed by atoms with Gasteiger partial charge in [0, 0.05) is 11.1 Å². The largest absolute Gasteiger partial charge is 1.00 e. The molecular weight excluding hydrogens is 509 g/mol. The zero-order valence-electron chi connectivity index (χ0n) is 18.9. The van der Waals surface area contributed by atoms with Gasteiger partial charge in [-0.2, -0.15) is 0 Å². The van der Waals surface area contributed by atoms with Crippen LogP contribution in [0.3, 0.4) is 0 Å². The summed E-state index contributed by atoms with van der Waals surface area (Å²) in [5.41, 5.74) is 5.84. The monoisotopic (exact) mass is 527 g/mol. The number of carboxylic acids is 1. The van der Waals surface area contributed by atoms with Gasteiger partial charge in [0.1, 0.15) is 30.0 Å². The number of aryl methyl sites for hydroxylation is 1. The van der Waals surface area contributed by atoms with Gasteiger partial charge in [0.2, 0.25) is 0 Å². The molecule has 1 saturated heterocycles. The van der Waals surface area contributed by atoms with Crippen LogP contribution in [0.4, 0.5) is 5.13 Å². The number of thiazole rings is 1. The number of thioether (sulfide) groups is 1. The Labute approximate surface area is 228 Å². The minimum absolute atomic E-state index is 0. The number of carboxylic acid groups (broad SMARTS) is 1. The molecule has 17 heteroatoms. The number of aromatic nitrogens is 5. The Bertz CT molecular complexity index is 1240. The van der Waals surface area contributed by atoms with Crippen molar-refractivity contribution < 1.29 is 53.9 Å². The summed E-state index contributed by atoms with van der Waals surface area (Å²) in [7, 11) is 1.27. The van der Waals surface area contributed by atoms with Crippen LogP contribution in [0.5, 0.6) is 0 Å². The number of fused-ring (bicyclic) bond motifs is 1. The molecule has 0 aliphatic carbocycles. The average molecular weight is 528 g/mol. The molecule has 0 bridgehead atoms. The van der Waals surface area contributed by atoms with E-state index in [-0.39, 0.29) is 57.5 Å². The van der Waals surface area contributed by atoms with Crippen LogP contribution in [0.1, 0.15) is 11.5 Å². The summed E-state index contributed by atoms with van der Waals surface area (Å²) < 4.78 is 1.53. The number of nitrogens with zero attached hydrogens (tertiary/aromatic N) is 7. The molecule has 0 aromatic carbocycles. The van der Waals surface area contributed by atoms with E-state index >= 15 is 0 Å². The summed E-state index contributed by atoms with van der Waals surface area (Å²) in [6.07, 6.45) is 3.30. The van der Waals surface area contributed by atoms with E-state index in [1.54, 1.807) is 19.1 Å². The van der Waals surface area contributed by atoms with Crippen molar-refractivity contribution >= 4 is 51.7 Å². The summed E-state index contributed by atoms with van der Waals surface area (Å²) in [4.78, 5) is 47.3. The molecule has 2 atom stereocenters. The zero-order valence-corrected chi connectivity index (χ0v) is 22.5. The van der Waals surface area contributed by atoms with Crippen molar-refractivity contribution in [3.8, 4) is 0 Å². The maximum atomic E-state index is 12.8. The van der Waals surface area contributed by atoms with Crippen LogP contribution in [0.15, 0.2) is 34.0 Å². The molecule has 4 heterocycles. The SMILES string of the molecule is CON=C(C(=O)NC1C(=O)N2C(C(=O)[O-])=C(/C=C\Cn3nnnc3C)CS[C@H]12)c1csc(N)n1.[Na+]. The molecule has 3 N–H and O–H groups in total. The summed E-state index contributed by atoms with van der Waals surface area (Å²) in [6.45, 7) is 2.06. The summed E-state index contributed by atoms with van der Waals surface area (Å²) >= 11 is 2.43. The van der Waals surface area contributed by atoms with Crippen LogP contribution < -0.4 is 45.7 Å². The fourth-order valence-electron chi connectivity index (χ4n) is 3.37. The number of oxime groups is 1. The maximum Gasteiger partial charge on any atom is 1.00 e. The van der Waals surface area contributed by atoms with E-state index in [4.69, 9.17) is 10.6 Å². The Kier molecular flexibility index (Phi) is 8.65. The first-order valence-corrected chi connectivity index (χ1v) is 11.7. The summed E-state index contributed by atoms with van der Waals surface area (Å²) in [5, 5.41) is 30.4. The van der Waals surface area contributed by atoms with Crippen LogP contribution in [0, 0.1) is 6.92 Å². The van der Waals surface area contributed by atoms with E-state index < -0.39 is 29.2 Å². The number of aliphatic carboxylic acids is 1. The van der Waals surface area contributed by atoms with Crippen molar-refractivity contribution in [2.75, 3.05) is 18.6 Å². The molecule has 1 unspecified atom stereocenters. The predicted molar refractivity (Wildman–Crippen MR) is 119 cm³/mol.